The predicted octanol–water partition coefficient (Wildman–Crippen LogP) is 16.0. The molecule has 0 radical (unpaired) electrons. The van der Waals surface area contributed by atoms with E-state index in [1.165, 1.54) is 87.3 Å². The topological polar surface area (TPSA) is 3.24 Å². The summed E-state index contributed by atoms with van der Waals surface area (Å²) < 4.78 is 1.37. The first-order valence-corrected chi connectivity index (χ1v) is 21.2. The van der Waals surface area contributed by atoms with Gasteiger partial charge in [-0.3, -0.25) is 0 Å². The zero-order valence-corrected chi connectivity index (χ0v) is 34.1. The van der Waals surface area contributed by atoms with Gasteiger partial charge in [-0.05, 0) is 132 Å². The maximum atomic E-state index is 2.43. The lowest BCUT2D eigenvalue weighted by atomic mass is 9.80. The van der Waals surface area contributed by atoms with Crippen LogP contribution in [0, 0.1) is 0 Å². The molecular weight excluding hydrogens is 719 g/mol. The number of fused-ring (bicyclic) bond motifs is 8. The second kappa shape index (κ2) is 13.0. The summed E-state index contributed by atoms with van der Waals surface area (Å²) in [4.78, 5) is 3.81. The third-order valence-electron chi connectivity index (χ3n) is 12.9. The SMILES string of the molecule is CC1(C)c2ccccc2-c2ccc(-c3ccc(N(c4ccc(-c5ccc6c(c5)C(C)(C)c5c-6sc6ccccc56)cc4)c4cccc(-c5ccccc5)c4)cc3)cc21. The lowest BCUT2D eigenvalue weighted by Crippen LogP contribution is -2.15. The fourth-order valence-corrected chi connectivity index (χ4v) is 11.2. The Kier molecular flexibility index (Phi) is 7.80. The number of anilines is 3. The second-order valence-electron chi connectivity index (χ2n) is 17.0. The van der Waals surface area contributed by atoms with Crippen molar-refractivity contribution >= 4 is 38.5 Å². The molecule has 58 heavy (non-hydrogen) atoms. The Hall–Kier alpha value is -6.48. The van der Waals surface area contributed by atoms with Crippen LogP contribution in [0.4, 0.5) is 17.1 Å². The maximum absolute atomic E-state index is 2.43. The van der Waals surface area contributed by atoms with Gasteiger partial charge in [-0.1, -0.05) is 161 Å². The van der Waals surface area contributed by atoms with E-state index in [0.717, 1.165) is 17.1 Å². The quantitative estimate of drug-likeness (QED) is 0.163. The summed E-state index contributed by atoms with van der Waals surface area (Å²) in [5.74, 6) is 0. The molecule has 0 saturated heterocycles. The van der Waals surface area contributed by atoms with E-state index in [1.807, 2.05) is 11.3 Å². The standard InChI is InChI=1S/C56H43NS/c1-55(2)49-19-10-8-17-45(49)46-31-25-40(34-50(46)55)37-21-27-42(28-22-37)57(44-16-12-15-39(33-44)36-13-6-5-7-14-36)43-29-23-38(24-30-43)41-26-32-47-51(35-41)56(3,4)53-48-18-9-11-20-52(48)58-54(47)53/h5-35H,1-4H3. The van der Waals surface area contributed by atoms with Gasteiger partial charge in [0, 0.05) is 37.5 Å². The highest BCUT2D eigenvalue weighted by Gasteiger charge is 2.39. The molecule has 1 aromatic heterocycles. The number of rotatable bonds is 6. The van der Waals surface area contributed by atoms with Crippen molar-refractivity contribution in [3.63, 3.8) is 0 Å². The summed E-state index contributed by atoms with van der Waals surface area (Å²) in [5, 5.41) is 1.39. The lowest BCUT2D eigenvalue weighted by Gasteiger charge is -2.27. The Morgan fingerprint density at radius 1 is 0.362 bits per heavy atom. The van der Waals surface area contributed by atoms with Gasteiger partial charge in [-0.15, -0.1) is 11.3 Å². The van der Waals surface area contributed by atoms with Crippen molar-refractivity contribution in [2.24, 2.45) is 0 Å². The van der Waals surface area contributed by atoms with Crippen LogP contribution in [-0.2, 0) is 10.8 Å². The van der Waals surface area contributed by atoms with Crippen LogP contribution in [-0.4, -0.2) is 0 Å². The summed E-state index contributed by atoms with van der Waals surface area (Å²) in [6.07, 6.45) is 0. The molecule has 1 heterocycles. The lowest BCUT2D eigenvalue weighted by molar-refractivity contribution is 0.660. The molecule has 0 atom stereocenters. The van der Waals surface area contributed by atoms with E-state index in [1.54, 1.807) is 0 Å². The number of hydrogen-bond donors (Lipinski definition) is 0. The van der Waals surface area contributed by atoms with E-state index in [4.69, 9.17) is 0 Å². The predicted molar refractivity (Wildman–Crippen MR) is 248 cm³/mol. The first kappa shape index (κ1) is 34.7. The minimum absolute atomic E-state index is 0.0349. The molecule has 0 bridgehead atoms. The zero-order valence-electron chi connectivity index (χ0n) is 33.3. The van der Waals surface area contributed by atoms with Crippen LogP contribution >= 0.6 is 11.3 Å². The maximum Gasteiger partial charge on any atom is 0.0467 e. The van der Waals surface area contributed by atoms with Crippen LogP contribution in [0.5, 0.6) is 0 Å². The fraction of sp³-hybridized carbons (Fsp3) is 0.107. The number of nitrogens with zero attached hydrogens (tertiary/aromatic N) is 1. The third-order valence-corrected chi connectivity index (χ3v) is 14.1. The first-order chi connectivity index (χ1) is 28.3. The summed E-state index contributed by atoms with van der Waals surface area (Å²) >= 11 is 1.93. The largest absolute Gasteiger partial charge is 0.310 e. The van der Waals surface area contributed by atoms with E-state index < -0.39 is 0 Å². The average molecular weight is 762 g/mol. The van der Waals surface area contributed by atoms with Crippen molar-refractivity contribution in [3.05, 3.63) is 210 Å². The molecule has 11 rings (SSSR count). The van der Waals surface area contributed by atoms with E-state index in [9.17, 15) is 0 Å². The average Bonchev–Trinajstić information content (AvgIpc) is 3.85. The Morgan fingerprint density at radius 3 is 1.59 bits per heavy atom. The highest BCUT2D eigenvalue weighted by molar-refractivity contribution is 7.22. The van der Waals surface area contributed by atoms with Crippen LogP contribution in [0.2, 0.25) is 0 Å². The first-order valence-electron chi connectivity index (χ1n) is 20.3. The molecule has 0 fully saturated rings. The molecule has 1 nitrogen and oxygen atoms in total. The van der Waals surface area contributed by atoms with E-state index in [2.05, 4.69) is 221 Å². The second-order valence-corrected chi connectivity index (χ2v) is 18.0. The Labute approximate surface area is 345 Å². The Morgan fingerprint density at radius 2 is 0.879 bits per heavy atom. The van der Waals surface area contributed by atoms with Gasteiger partial charge in [0.05, 0.1) is 0 Å². The minimum atomic E-state index is -0.0616. The van der Waals surface area contributed by atoms with Crippen LogP contribution in [0.15, 0.2) is 188 Å². The van der Waals surface area contributed by atoms with Crippen LogP contribution in [0.3, 0.4) is 0 Å². The van der Waals surface area contributed by atoms with Crippen molar-refractivity contribution in [1.29, 1.82) is 0 Å². The summed E-state index contributed by atoms with van der Waals surface area (Å²) in [6, 6.07) is 69.7. The minimum Gasteiger partial charge on any atom is -0.310 e. The van der Waals surface area contributed by atoms with Gasteiger partial charge in [0.15, 0.2) is 0 Å². The fourth-order valence-electron chi connectivity index (χ4n) is 9.82. The summed E-state index contributed by atoms with van der Waals surface area (Å²) in [6.45, 7) is 9.48. The van der Waals surface area contributed by atoms with Crippen molar-refractivity contribution in [1.82, 2.24) is 0 Å². The van der Waals surface area contributed by atoms with Gasteiger partial charge in [0.25, 0.3) is 0 Å². The molecule has 0 saturated carbocycles. The molecule has 2 aliphatic rings. The molecule has 8 aromatic carbocycles. The number of benzene rings is 8. The highest BCUT2D eigenvalue weighted by atomic mass is 32.1. The number of thiophene rings is 1. The molecule has 0 N–H and O–H groups in total. The van der Waals surface area contributed by atoms with Gasteiger partial charge in [-0.2, -0.15) is 0 Å². The summed E-state index contributed by atoms with van der Waals surface area (Å²) in [7, 11) is 0. The van der Waals surface area contributed by atoms with Gasteiger partial charge in [-0.25, -0.2) is 0 Å². The molecule has 278 valence electrons. The van der Waals surface area contributed by atoms with Crippen LogP contribution in [0.1, 0.15) is 49.9 Å². The van der Waals surface area contributed by atoms with Crippen molar-refractivity contribution < 1.29 is 0 Å². The van der Waals surface area contributed by atoms with E-state index in [-0.39, 0.29) is 10.8 Å². The monoisotopic (exact) mass is 761 g/mol. The van der Waals surface area contributed by atoms with Gasteiger partial charge in [0.2, 0.25) is 0 Å². The smallest absolute Gasteiger partial charge is 0.0467 e. The van der Waals surface area contributed by atoms with Crippen molar-refractivity contribution in [2.45, 2.75) is 38.5 Å². The summed E-state index contributed by atoms with van der Waals surface area (Å²) in [5.41, 5.74) is 20.4. The van der Waals surface area contributed by atoms with E-state index in [0.29, 0.717) is 0 Å². The normalized spacial score (nSPS) is 14.1. The molecule has 9 aromatic rings. The van der Waals surface area contributed by atoms with Crippen molar-refractivity contribution in [2.75, 3.05) is 4.90 Å². The molecule has 2 heteroatoms. The molecule has 0 spiro atoms. The molecule has 0 aliphatic heterocycles. The number of hydrogen-bond acceptors (Lipinski definition) is 2. The molecular formula is C56H43NS. The van der Waals surface area contributed by atoms with Gasteiger partial charge < -0.3 is 4.90 Å². The molecule has 2 aliphatic carbocycles. The van der Waals surface area contributed by atoms with Crippen LogP contribution in [0.25, 0.3) is 65.0 Å². The third kappa shape index (κ3) is 5.36. The Balaban J connectivity index is 0.958. The van der Waals surface area contributed by atoms with E-state index >= 15 is 0 Å². The van der Waals surface area contributed by atoms with Crippen molar-refractivity contribution in [3.8, 4) is 54.9 Å². The zero-order chi connectivity index (χ0) is 39.2. The van der Waals surface area contributed by atoms with Gasteiger partial charge >= 0.3 is 0 Å². The van der Waals surface area contributed by atoms with Gasteiger partial charge in [0.1, 0.15) is 0 Å². The Bertz CT molecular complexity index is 3040. The van der Waals surface area contributed by atoms with Crippen LogP contribution < -0.4 is 4.90 Å². The molecule has 0 unspecified atom stereocenters. The molecule has 0 amide bonds. The highest BCUT2D eigenvalue weighted by Crippen LogP contribution is 2.56.